The Morgan fingerprint density at radius 3 is 2.67 bits per heavy atom. The minimum absolute atomic E-state index is 0.000857. The van der Waals surface area contributed by atoms with Gasteiger partial charge in [-0.15, -0.1) is 10.2 Å². The molecule has 0 radical (unpaired) electrons. The van der Waals surface area contributed by atoms with Gasteiger partial charge in [-0.1, -0.05) is 6.07 Å². The van der Waals surface area contributed by atoms with Crippen LogP contribution < -0.4 is 5.73 Å². The van der Waals surface area contributed by atoms with E-state index < -0.39 is 17.9 Å². The lowest BCUT2D eigenvalue weighted by Crippen LogP contribution is -2.32. The molecule has 0 saturated carbocycles. The van der Waals surface area contributed by atoms with Crippen LogP contribution in [0.1, 0.15) is 12.2 Å². The summed E-state index contributed by atoms with van der Waals surface area (Å²) in [4.78, 5) is 0. The van der Waals surface area contributed by atoms with E-state index in [9.17, 15) is 17.6 Å². The van der Waals surface area contributed by atoms with Gasteiger partial charge < -0.3 is 10.3 Å². The van der Waals surface area contributed by atoms with Crippen molar-refractivity contribution in [1.82, 2.24) is 14.8 Å². The molecule has 112 valence electrons. The summed E-state index contributed by atoms with van der Waals surface area (Å²) in [6, 6.07) is 4.10. The van der Waals surface area contributed by atoms with Crippen LogP contribution in [0.5, 0.6) is 0 Å². The highest BCUT2D eigenvalue weighted by Gasteiger charge is 2.42. The monoisotopic (exact) mass is 300 g/mol. The Morgan fingerprint density at radius 1 is 1.24 bits per heavy atom. The molecule has 0 saturated heterocycles. The van der Waals surface area contributed by atoms with E-state index in [0.29, 0.717) is 5.82 Å². The van der Waals surface area contributed by atoms with Crippen molar-refractivity contribution in [3.8, 4) is 11.4 Å². The SMILES string of the molecule is Nc1cccc(F)c1-c1nnc2n1CC(C(F)(F)F)CC2. The van der Waals surface area contributed by atoms with Crippen molar-refractivity contribution >= 4 is 5.69 Å². The van der Waals surface area contributed by atoms with Crippen LogP contribution in [-0.2, 0) is 13.0 Å². The summed E-state index contributed by atoms with van der Waals surface area (Å²) < 4.78 is 53.9. The Balaban J connectivity index is 2.07. The van der Waals surface area contributed by atoms with Gasteiger partial charge in [0.15, 0.2) is 5.82 Å². The molecule has 3 rings (SSSR count). The number of aryl methyl sites for hydroxylation is 1. The molecule has 2 N–H and O–H groups in total. The average Bonchev–Trinajstić information content (AvgIpc) is 2.81. The number of halogens is 4. The quantitative estimate of drug-likeness (QED) is 0.651. The van der Waals surface area contributed by atoms with Gasteiger partial charge in [0.2, 0.25) is 0 Å². The molecule has 2 heterocycles. The molecule has 4 nitrogen and oxygen atoms in total. The van der Waals surface area contributed by atoms with Gasteiger partial charge in [-0.25, -0.2) is 4.39 Å². The van der Waals surface area contributed by atoms with Crippen molar-refractivity contribution in [2.45, 2.75) is 25.6 Å². The molecule has 8 heteroatoms. The second-order valence-electron chi connectivity index (χ2n) is 5.03. The van der Waals surface area contributed by atoms with Crippen molar-refractivity contribution in [1.29, 1.82) is 0 Å². The third-order valence-electron chi connectivity index (χ3n) is 3.68. The highest BCUT2D eigenvalue weighted by molar-refractivity contribution is 5.72. The largest absolute Gasteiger partial charge is 0.398 e. The molecule has 1 atom stereocenters. The summed E-state index contributed by atoms with van der Waals surface area (Å²) >= 11 is 0. The Bertz CT molecular complexity index is 657. The van der Waals surface area contributed by atoms with E-state index >= 15 is 0 Å². The summed E-state index contributed by atoms with van der Waals surface area (Å²) in [6.07, 6.45) is -4.17. The van der Waals surface area contributed by atoms with Crippen LogP contribution in [0.2, 0.25) is 0 Å². The first-order valence-corrected chi connectivity index (χ1v) is 6.41. The molecule has 1 aromatic heterocycles. The van der Waals surface area contributed by atoms with E-state index in [4.69, 9.17) is 5.73 Å². The first-order valence-electron chi connectivity index (χ1n) is 6.41. The fourth-order valence-corrected chi connectivity index (χ4v) is 2.56. The average molecular weight is 300 g/mol. The highest BCUT2D eigenvalue weighted by Crippen LogP contribution is 2.37. The van der Waals surface area contributed by atoms with Gasteiger partial charge in [-0.3, -0.25) is 0 Å². The van der Waals surface area contributed by atoms with Crippen LogP contribution in [0.4, 0.5) is 23.2 Å². The molecule has 1 aliphatic rings. The van der Waals surface area contributed by atoms with Crippen LogP contribution in [0.3, 0.4) is 0 Å². The van der Waals surface area contributed by atoms with Crippen LogP contribution in [0.25, 0.3) is 11.4 Å². The number of nitrogens with two attached hydrogens (primary N) is 1. The third-order valence-corrected chi connectivity index (χ3v) is 3.68. The fourth-order valence-electron chi connectivity index (χ4n) is 2.56. The van der Waals surface area contributed by atoms with E-state index in [0.717, 1.165) is 0 Å². The second kappa shape index (κ2) is 4.71. The third kappa shape index (κ3) is 2.34. The molecule has 1 aromatic carbocycles. The molecular weight excluding hydrogens is 288 g/mol. The number of fused-ring (bicyclic) bond motifs is 1. The standard InChI is InChI=1S/C13H12F4N4/c14-8-2-1-3-9(18)11(8)12-20-19-10-5-4-7(6-21(10)12)13(15,16)17/h1-3,7H,4-6,18H2. The number of nitrogens with zero attached hydrogens (tertiary/aromatic N) is 3. The summed E-state index contributed by atoms with van der Waals surface area (Å²) in [6.45, 7) is -0.311. The topological polar surface area (TPSA) is 56.7 Å². The molecule has 0 amide bonds. The van der Waals surface area contributed by atoms with Gasteiger partial charge in [0.25, 0.3) is 0 Å². The molecule has 1 unspecified atom stereocenters. The molecule has 21 heavy (non-hydrogen) atoms. The minimum Gasteiger partial charge on any atom is -0.398 e. The van der Waals surface area contributed by atoms with E-state index in [1.807, 2.05) is 0 Å². The molecule has 0 aliphatic carbocycles. The van der Waals surface area contributed by atoms with Crippen molar-refractivity contribution < 1.29 is 17.6 Å². The Hall–Kier alpha value is -2.12. The number of hydrogen-bond donors (Lipinski definition) is 1. The Kier molecular flexibility index (Phi) is 3.11. The lowest BCUT2D eigenvalue weighted by atomic mass is 9.98. The van der Waals surface area contributed by atoms with Gasteiger partial charge >= 0.3 is 6.18 Å². The minimum atomic E-state index is -4.29. The molecular formula is C13H12F4N4. The maximum absolute atomic E-state index is 13.9. The van der Waals surface area contributed by atoms with E-state index in [1.165, 1.54) is 22.8 Å². The van der Waals surface area contributed by atoms with Gasteiger partial charge in [0, 0.05) is 18.7 Å². The fraction of sp³-hybridized carbons (Fsp3) is 0.385. The zero-order valence-corrected chi connectivity index (χ0v) is 10.9. The van der Waals surface area contributed by atoms with Crippen LogP contribution in [-0.4, -0.2) is 20.9 Å². The van der Waals surface area contributed by atoms with E-state index in [-0.39, 0.29) is 36.5 Å². The lowest BCUT2D eigenvalue weighted by molar-refractivity contribution is -0.182. The molecule has 0 bridgehead atoms. The van der Waals surface area contributed by atoms with Gasteiger partial charge in [-0.05, 0) is 18.6 Å². The zero-order chi connectivity index (χ0) is 15.2. The zero-order valence-electron chi connectivity index (χ0n) is 10.9. The first-order chi connectivity index (χ1) is 9.88. The van der Waals surface area contributed by atoms with E-state index in [2.05, 4.69) is 10.2 Å². The number of anilines is 1. The van der Waals surface area contributed by atoms with Crippen molar-refractivity contribution in [3.63, 3.8) is 0 Å². The van der Waals surface area contributed by atoms with E-state index in [1.54, 1.807) is 0 Å². The number of aromatic nitrogens is 3. The van der Waals surface area contributed by atoms with Crippen LogP contribution in [0, 0.1) is 11.7 Å². The van der Waals surface area contributed by atoms with Crippen LogP contribution in [0.15, 0.2) is 18.2 Å². The number of alkyl halides is 3. The molecule has 2 aromatic rings. The van der Waals surface area contributed by atoms with Crippen molar-refractivity contribution in [2.24, 2.45) is 5.92 Å². The predicted molar refractivity (Wildman–Crippen MR) is 67.7 cm³/mol. The first kappa shape index (κ1) is 13.8. The number of rotatable bonds is 1. The summed E-state index contributed by atoms with van der Waals surface area (Å²) in [5.41, 5.74) is 5.85. The maximum Gasteiger partial charge on any atom is 0.393 e. The number of benzene rings is 1. The normalized spacial score (nSPS) is 18.6. The van der Waals surface area contributed by atoms with Gasteiger partial charge in [-0.2, -0.15) is 13.2 Å². The smallest absolute Gasteiger partial charge is 0.393 e. The Morgan fingerprint density at radius 2 is 2.00 bits per heavy atom. The summed E-state index contributed by atoms with van der Waals surface area (Å²) in [5.74, 6) is -1.63. The maximum atomic E-state index is 13.9. The van der Waals surface area contributed by atoms with Gasteiger partial charge in [0.1, 0.15) is 11.6 Å². The predicted octanol–water partition coefficient (Wildman–Crippen LogP) is 2.79. The van der Waals surface area contributed by atoms with Crippen molar-refractivity contribution in [2.75, 3.05) is 5.73 Å². The molecule has 1 aliphatic heterocycles. The Labute approximate surface area is 117 Å². The van der Waals surface area contributed by atoms with Crippen molar-refractivity contribution in [3.05, 3.63) is 29.8 Å². The molecule has 0 fully saturated rings. The summed E-state index contributed by atoms with van der Waals surface area (Å²) in [5, 5.41) is 7.69. The number of hydrogen-bond acceptors (Lipinski definition) is 3. The lowest BCUT2D eigenvalue weighted by Gasteiger charge is -2.26. The second-order valence-corrected chi connectivity index (χ2v) is 5.03. The molecule has 0 spiro atoms. The van der Waals surface area contributed by atoms with Crippen LogP contribution >= 0.6 is 0 Å². The summed E-state index contributed by atoms with van der Waals surface area (Å²) in [7, 11) is 0. The van der Waals surface area contributed by atoms with Gasteiger partial charge in [0.05, 0.1) is 11.5 Å². The number of nitrogen functional groups attached to an aromatic ring is 1. The highest BCUT2D eigenvalue weighted by atomic mass is 19.4.